The van der Waals surface area contributed by atoms with Crippen molar-refractivity contribution < 1.29 is 20.1 Å². The number of non-ortho nitro benzene ring substituents is 2. The lowest BCUT2D eigenvalue weighted by Crippen LogP contribution is -2.20. The molecule has 2 aromatic carbocycles. The first kappa shape index (κ1) is 28.3. The largest absolute Gasteiger partial charge is 0.508 e. The average Bonchev–Trinajstić information content (AvgIpc) is 3.68. The van der Waals surface area contributed by atoms with Crippen LogP contribution in [0.5, 0.6) is 11.5 Å². The Labute approximate surface area is 217 Å². The van der Waals surface area contributed by atoms with Crippen molar-refractivity contribution in [1.82, 2.24) is 15.1 Å². The van der Waals surface area contributed by atoms with Gasteiger partial charge in [0.2, 0.25) is 0 Å². The number of nitrogens with zero attached hydrogens (tertiary/aromatic N) is 4. The lowest BCUT2D eigenvalue weighted by atomic mass is 10.1. The molecule has 3 saturated heterocycles. The van der Waals surface area contributed by atoms with Gasteiger partial charge in [-0.25, -0.2) is 0 Å². The van der Waals surface area contributed by atoms with Crippen LogP contribution in [-0.2, 0) is 13.1 Å². The molecule has 0 aromatic heterocycles. The van der Waals surface area contributed by atoms with Crippen LogP contribution in [0.1, 0.15) is 49.7 Å². The van der Waals surface area contributed by atoms with E-state index >= 15 is 0 Å². The van der Waals surface area contributed by atoms with Gasteiger partial charge in [-0.1, -0.05) is 0 Å². The molecule has 0 unspecified atom stereocenters. The summed E-state index contributed by atoms with van der Waals surface area (Å²) in [7, 11) is 0. The maximum Gasteiger partial charge on any atom is 0.270 e. The third-order valence-electron chi connectivity index (χ3n) is 6.67. The van der Waals surface area contributed by atoms with Gasteiger partial charge in [0.1, 0.15) is 11.5 Å². The second-order valence-corrected chi connectivity index (χ2v) is 9.57. The summed E-state index contributed by atoms with van der Waals surface area (Å²) in [5.74, 6) is 0.273. The molecule has 3 heterocycles. The highest BCUT2D eigenvalue weighted by molar-refractivity contribution is 5.49. The highest BCUT2D eigenvalue weighted by Crippen LogP contribution is 2.32. The Hall–Kier alpha value is -3.28. The summed E-state index contributed by atoms with van der Waals surface area (Å²) in [4.78, 5) is 24.8. The normalized spacial score (nSPS) is 17.5. The second-order valence-electron chi connectivity index (χ2n) is 9.57. The van der Waals surface area contributed by atoms with Crippen molar-refractivity contribution in [2.45, 2.75) is 51.6 Å². The van der Waals surface area contributed by atoms with Gasteiger partial charge in [-0.05, 0) is 89.9 Å². The molecule has 11 heteroatoms. The van der Waals surface area contributed by atoms with Crippen molar-refractivity contribution in [3.63, 3.8) is 0 Å². The molecule has 3 fully saturated rings. The van der Waals surface area contributed by atoms with E-state index in [-0.39, 0.29) is 27.8 Å². The predicted molar refractivity (Wildman–Crippen MR) is 141 cm³/mol. The Morgan fingerprint density at radius 1 is 0.703 bits per heavy atom. The summed E-state index contributed by atoms with van der Waals surface area (Å²) < 4.78 is 0. The van der Waals surface area contributed by atoms with E-state index in [9.17, 15) is 25.3 Å². The van der Waals surface area contributed by atoms with Gasteiger partial charge in [-0.3, -0.25) is 30.0 Å². The first-order valence-corrected chi connectivity index (χ1v) is 12.9. The first-order chi connectivity index (χ1) is 17.8. The van der Waals surface area contributed by atoms with Crippen LogP contribution in [0.2, 0.25) is 0 Å². The minimum atomic E-state index is -0.514. The van der Waals surface area contributed by atoms with E-state index in [1.807, 2.05) is 0 Å². The third kappa shape index (κ3) is 9.27. The Bertz CT molecular complexity index is 970. The molecule has 11 nitrogen and oxygen atoms in total. The van der Waals surface area contributed by atoms with E-state index in [4.69, 9.17) is 5.11 Å². The van der Waals surface area contributed by atoms with Gasteiger partial charge in [0, 0.05) is 48.5 Å². The number of likely N-dealkylation sites (tertiary alicyclic amines) is 2. The van der Waals surface area contributed by atoms with E-state index in [0.29, 0.717) is 24.2 Å². The molecule has 0 saturated carbocycles. The summed E-state index contributed by atoms with van der Waals surface area (Å²) in [5.41, 5.74) is 1.44. The van der Waals surface area contributed by atoms with Crippen LogP contribution < -0.4 is 5.32 Å². The zero-order valence-corrected chi connectivity index (χ0v) is 21.2. The standard InChI is InChI=1S/C16H23N3O3.C6H5NO3.C4H9N/c20-16-13(11-17-5-1-2-6-17)9-15(19(21)22)10-14(16)12-18-7-3-4-8-18;8-6-3-1-5(2-4-6)7(9)10;1-2-4-5-3-1/h9-10,20H,1-8,11-12H2;1-4,8H;5H,1-4H2. The minimum absolute atomic E-state index is 0.0159. The summed E-state index contributed by atoms with van der Waals surface area (Å²) in [6.45, 7) is 7.71. The van der Waals surface area contributed by atoms with Gasteiger partial charge in [0.15, 0.2) is 0 Å². The molecule has 0 aliphatic carbocycles. The number of aromatic hydroxyl groups is 2. The molecule has 0 spiro atoms. The van der Waals surface area contributed by atoms with Crippen LogP contribution in [0, 0.1) is 20.2 Å². The maximum atomic E-state index is 11.2. The Morgan fingerprint density at radius 3 is 1.49 bits per heavy atom. The quantitative estimate of drug-likeness (QED) is 0.381. The second kappa shape index (κ2) is 14.5. The van der Waals surface area contributed by atoms with Gasteiger partial charge in [-0.2, -0.15) is 0 Å². The first-order valence-electron chi connectivity index (χ1n) is 12.9. The van der Waals surface area contributed by atoms with Crippen molar-refractivity contribution in [1.29, 1.82) is 0 Å². The van der Waals surface area contributed by atoms with Crippen molar-refractivity contribution in [2.75, 3.05) is 39.3 Å². The fraction of sp³-hybridized carbons (Fsp3) is 0.538. The van der Waals surface area contributed by atoms with Crippen LogP contribution in [0.15, 0.2) is 36.4 Å². The lowest BCUT2D eigenvalue weighted by Gasteiger charge is -2.19. The highest BCUT2D eigenvalue weighted by atomic mass is 16.6. The third-order valence-corrected chi connectivity index (χ3v) is 6.67. The number of hydrogen-bond acceptors (Lipinski definition) is 9. The Kier molecular flexibility index (Phi) is 11.1. The van der Waals surface area contributed by atoms with Gasteiger partial charge in [0.25, 0.3) is 11.4 Å². The van der Waals surface area contributed by atoms with Gasteiger partial charge in [0.05, 0.1) is 9.85 Å². The number of nitro benzene ring substituents is 2. The zero-order chi connectivity index (χ0) is 26.6. The fourth-order valence-corrected chi connectivity index (χ4v) is 4.65. The highest BCUT2D eigenvalue weighted by Gasteiger charge is 2.22. The summed E-state index contributed by atoms with van der Waals surface area (Å²) in [6.07, 6.45) is 7.43. The number of nitrogens with one attached hydrogen (secondary N) is 1. The molecule has 37 heavy (non-hydrogen) atoms. The Balaban J connectivity index is 0.000000207. The monoisotopic (exact) mass is 515 g/mol. The molecule has 0 radical (unpaired) electrons. The van der Waals surface area contributed by atoms with Gasteiger partial charge in [-0.15, -0.1) is 0 Å². The molecule has 0 bridgehead atoms. The molecule has 5 rings (SSSR count). The summed E-state index contributed by atoms with van der Waals surface area (Å²) in [5, 5.41) is 43.7. The molecule has 202 valence electrons. The van der Waals surface area contributed by atoms with E-state index in [1.54, 1.807) is 0 Å². The van der Waals surface area contributed by atoms with Crippen LogP contribution in [-0.4, -0.2) is 69.1 Å². The summed E-state index contributed by atoms with van der Waals surface area (Å²) >= 11 is 0. The zero-order valence-electron chi connectivity index (χ0n) is 21.2. The van der Waals surface area contributed by atoms with E-state index in [2.05, 4.69) is 15.1 Å². The number of nitro groups is 2. The van der Waals surface area contributed by atoms with Gasteiger partial charge >= 0.3 is 0 Å². The number of benzene rings is 2. The van der Waals surface area contributed by atoms with Crippen molar-refractivity contribution in [3.8, 4) is 11.5 Å². The Morgan fingerprint density at radius 2 is 1.14 bits per heavy atom. The maximum absolute atomic E-state index is 11.2. The number of rotatable bonds is 6. The van der Waals surface area contributed by atoms with Crippen LogP contribution >= 0.6 is 0 Å². The molecule has 0 amide bonds. The molecular weight excluding hydrogens is 478 g/mol. The van der Waals surface area contributed by atoms with Crippen molar-refractivity contribution >= 4 is 11.4 Å². The van der Waals surface area contributed by atoms with E-state index in [0.717, 1.165) is 51.9 Å². The van der Waals surface area contributed by atoms with Crippen LogP contribution in [0.3, 0.4) is 0 Å². The molecular formula is C26H37N5O6. The van der Waals surface area contributed by atoms with Crippen molar-refractivity contribution in [2.24, 2.45) is 0 Å². The van der Waals surface area contributed by atoms with E-state index < -0.39 is 4.92 Å². The minimum Gasteiger partial charge on any atom is -0.508 e. The lowest BCUT2D eigenvalue weighted by molar-refractivity contribution is -0.385. The average molecular weight is 516 g/mol. The van der Waals surface area contributed by atoms with Crippen LogP contribution in [0.25, 0.3) is 0 Å². The molecule has 3 aliphatic heterocycles. The van der Waals surface area contributed by atoms with Gasteiger partial charge < -0.3 is 15.5 Å². The molecule has 2 aromatic rings. The van der Waals surface area contributed by atoms with Crippen molar-refractivity contribution in [3.05, 3.63) is 67.8 Å². The van der Waals surface area contributed by atoms with E-state index in [1.165, 1.54) is 62.3 Å². The smallest absolute Gasteiger partial charge is 0.270 e. The molecule has 0 atom stereocenters. The van der Waals surface area contributed by atoms with Crippen LogP contribution in [0.4, 0.5) is 11.4 Å². The number of phenolic OH excluding ortho intramolecular Hbond substituents is 2. The summed E-state index contributed by atoms with van der Waals surface area (Å²) in [6, 6.07) is 8.10. The fourth-order valence-electron chi connectivity index (χ4n) is 4.65. The topological polar surface area (TPSA) is 145 Å². The molecule has 3 aliphatic rings. The number of phenols is 2. The number of hydrogen-bond donors (Lipinski definition) is 3. The SMILES string of the molecule is C1CCNC1.O=[N+]([O-])c1cc(CN2CCCC2)c(O)c(CN2CCCC2)c1.O=[N+]([O-])c1ccc(O)cc1. The predicted octanol–water partition coefficient (Wildman–Crippen LogP) is 4.16. The molecule has 3 N–H and O–H groups in total.